The molecule has 0 bridgehead atoms. The fraction of sp³-hybridized carbons (Fsp3) is 0.643. The molecule has 1 saturated heterocycles. The summed E-state index contributed by atoms with van der Waals surface area (Å²) in [6, 6.07) is 4.84. The molecule has 1 saturated carbocycles. The fourth-order valence-electron chi connectivity index (χ4n) is 2.55. The second kappa shape index (κ2) is 5.41. The topological polar surface area (TPSA) is 32.3 Å². The van der Waals surface area contributed by atoms with Crippen LogP contribution in [0.1, 0.15) is 30.6 Å². The summed E-state index contributed by atoms with van der Waals surface area (Å²) in [4.78, 5) is 15.4. The number of piperidine rings is 1. The van der Waals surface area contributed by atoms with Crippen molar-refractivity contribution in [1.82, 2.24) is 10.2 Å². The van der Waals surface area contributed by atoms with E-state index in [0.717, 1.165) is 45.3 Å². The van der Waals surface area contributed by atoms with Crippen LogP contribution in [0.4, 0.5) is 0 Å². The van der Waals surface area contributed by atoms with Crippen molar-refractivity contribution in [3.63, 3.8) is 0 Å². The van der Waals surface area contributed by atoms with E-state index >= 15 is 0 Å². The minimum atomic E-state index is 0.376. The lowest BCUT2D eigenvalue weighted by Gasteiger charge is -2.32. The van der Waals surface area contributed by atoms with Gasteiger partial charge in [0.15, 0.2) is 0 Å². The van der Waals surface area contributed by atoms with Gasteiger partial charge >= 0.3 is 0 Å². The largest absolute Gasteiger partial charge is 0.342 e. The standard InChI is InChI=1S/C14H20N2OS/c17-14(11-3-4-11)16-7-5-12(6-8-16)15-10-13-2-1-9-18-13/h1-2,9,11-12,15H,3-8,10H2. The van der Waals surface area contributed by atoms with E-state index in [9.17, 15) is 4.79 Å². The lowest BCUT2D eigenvalue weighted by atomic mass is 10.0. The first kappa shape index (κ1) is 12.2. The smallest absolute Gasteiger partial charge is 0.225 e. The molecule has 1 aliphatic carbocycles. The fourth-order valence-corrected chi connectivity index (χ4v) is 3.21. The number of hydrogen-bond acceptors (Lipinski definition) is 3. The van der Waals surface area contributed by atoms with Crippen LogP contribution in [0.5, 0.6) is 0 Å². The highest BCUT2D eigenvalue weighted by Crippen LogP contribution is 2.31. The van der Waals surface area contributed by atoms with Crippen LogP contribution in [0, 0.1) is 5.92 Å². The molecule has 3 rings (SSSR count). The number of nitrogens with zero attached hydrogens (tertiary/aromatic N) is 1. The van der Waals surface area contributed by atoms with Crippen molar-refractivity contribution in [3.05, 3.63) is 22.4 Å². The number of carbonyl (C=O) groups excluding carboxylic acids is 1. The summed E-state index contributed by atoms with van der Waals surface area (Å²) in [5, 5.41) is 5.72. The molecule has 1 aliphatic heterocycles. The molecule has 1 aromatic rings. The van der Waals surface area contributed by atoms with Gasteiger partial charge in [-0.15, -0.1) is 11.3 Å². The number of thiophene rings is 1. The van der Waals surface area contributed by atoms with Crippen molar-refractivity contribution in [2.45, 2.75) is 38.3 Å². The van der Waals surface area contributed by atoms with Crippen LogP contribution in [0.15, 0.2) is 17.5 Å². The second-order valence-corrected chi connectivity index (χ2v) is 6.37. The van der Waals surface area contributed by atoms with Gasteiger partial charge in [0.1, 0.15) is 0 Å². The molecule has 1 N–H and O–H groups in total. The van der Waals surface area contributed by atoms with Crippen molar-refractivity contribution >= 4 is 17.2 Å². The summed E-state index contributed by atoms with van der Waals surface area (Å²) in [5.74, 6) is 0.785. The number of carbonyl (C=O) groups is 1. The Bertz CT molecular complexity index is 392. The van der Waals surface area contributed by atoms with Crippen molar-refractivity contribution in [2.24, 2.45) is 5.92 Å². The Balaban J connectivity index is 1.41. The van der Waals surface area contributed by atoms with Gasteiger partial charge in [-0.3, -0.25) is 4.79 Å². The van der Waals surface area contributed by atoms with Gasteiger partial charge in [0.2, 0.25) is 5.91 Å². The van der Waals surface area contributed by atoms with Crippen LogP contribution < -0.4 is 5.32 Å². The molecule has 2 aliphatic rings. The zero-order valence-electron chi connectivity index (χ0n) is 10.6. The first-order chi connectivity index (χ1) is 8.83. The molecule has 3 nitrogen and oxygen atoms in total. The molecule has 0 aromatic carbocycles. The third-order valence-corrected chi connectivity index (χ3v) is 4.75. The first-order valence-corrected chi connectivity index (χ1v) is 7.75. The average molecular weight is 264 g/mol. The van der Waals surface area contributed by atoms with Gasteiger partial charge in [-0.25, -0.2) is 0 Å². The quantitative estimate of drug-likeness (QED) is 0.904. The molecular weight excluding hydrogens is 244 g/mol. The number of nitrogens with one attached hydrogen (secondary N) is 1. The van der Waals surface area contributed by atoms with E-state index in [0.29, 0.717) is 17.9 Å². The van der Waals surface area contributed by atoms with Gasteiger partial charge in [0.05, 0.1) is 0 Å². The predicted molar refractivity (Wildman–Crippen MR) is 73.5 cm³/mol. The van der Waals surface area contributed by atoms with E-state index in [-0.39, 0.29) is 0 Å². The van der Waals surface area contributed by atoms with Crippen molar-refractivity contribution < 1.29 is 4.79 Å². The molecule has 0 unspecified atom stereocenters. The molecule has 2 fully saturated rings. The maximum absolute atomic E-state index is 11.9. The number of rotatable bonds is 4. The van der Waals surface area contributed by atoms with E-state index in [1.807, 2.05) is 0 Å². The Morgan fingerprint density at radius 1 is 1.33 bits per heavy atom. The third kappa shape index (κ3) is 2.93. The molecule has 1 aromatic heterocycles. The Labute approximate surface area is 112 Å². The zero-order valence-corrected chi connectivity index (χ0v) is 11.4. The summed E-state index contributed by atoms with van der Waals surface area (Å²) in [6.07, 6.45) is 4.44. The summed E-state index contributed by atoms with van der Waals surface area (Å²) < 4.78 is 0. The normalized spacial score (nSPS) is 21.2. The lowest BCUT2D eigenvalue weighted by Crippen LogP contribution is -2.45. The predicted octanol–water partition coefficient (Wildman–Crippen LogP) is 2.24. The van der Waals surface area contributed by atoms with Gasteiger partial charge in [-0.05, 0) is 37.1 Å². The maximum atomic E-state index is 11.9. The summed E-state index contributed by atoms with van der Waals surface area (Å²) >= 11 is 1.80. The van der Waals surface area contributed by atoms with Gasteiger partial charge in [-0.2, -0.15) is 0 Å². The summed E-state index contributed by atoms with van der Waals surface area (Å²) in [6.45, 7) is 2.85. The van der Waals surface area contributed by atoms with Crippen LogP contribution >= 0.6 is 11.3 Å². The van der Waals surface area contributed by atoms with Gasteiger partial charge < -0.3 is 10.2 Å². The lowest BCUT2D eigenvalue weighted by molar-refractivity contribution is -0.133. The molecule has 18 heavy (non-hydrogen) atoms. The van der Waals surface area contributed by atoms with Crippen LogP contribution in [0.3, 0.4) is 0 Å². The van der Waals surface area contributed by atoms with Gasteiger partial charge in [0, 0.05) is 36.5 Å². The molecule has 0 atom stereocenters. The van der Waals surface area contributed by atoms with Crippen molar-refractivity contribution in [1.29, 1.82) is 0 Å². The van der Waals surface area contributed by atoms with E-state index in [1.54, 1.807) is 11.3 Å². The number of likely N-dealkylation sites (tertiary alicyclic amines) is 1. The molecule has 0 spiro atoms. The second-order valence-electron chi connectivity index (χ2n) is 5.33. The van der Waals surface area contributed by atoms with Gasteiger partial charge in [-0.1, -0.05) is 6.07 Å². The molecule has 98 valence electrons. The Morgan fingerprint density at radius 3 is 2.72 bits per heavy atom. The highest BCUT2D eigenvalue weighted by atomic mass is 32.1. The van der Waals surface area contributed by atoms with Crippen LogP contribution in [-0.4, -0.2) is 29.9 Å². The minimum absolute atomic E-state index is 0.376. The monoisotopic (exact) mass is 264 g/mol. The van der Waals surface area contributed by atoms with Crippen LogP contribution in [-0.2, 0) is 11.3 Å². The SMILES string of the molecule is O=C(C1CC1)N1CCC(NCc2cccs2)CC1. The first-order valence-electron chi connectivity index (χ1n) is 6.87. The maximum Gasteiger partial charge on any atom is 0.225 e. The van der Waals surface area contributed by atoms with Gasteiger partial charge in [0.25, 0.3) is 0 Å². The minimum Gasteiger partial charge on any atom is -0.342 e. The molecule has 0 radical (unpaired) electrons. The molecular formula is C14H20N2OS. The zero-order chi connectivity index (χ0) is 12.4. The average Bonchev–Trinajstić information content (AvgIpc) is 3.13. The Morgan fingerprint density at radius 2 is 2.11 bits per heavy atom. The summed E-state index contributed by atoms with van der Waals surface area (Å²) in [5.41, 5.74) is 0. The number of hydrogen-bond donors (Lipinski definition) is 1. The number of amides is 1. The Kier molecular flexibility index (Phi) is 3.66. The van der Waals surface area contributed by atoms with E-state index in [2.05, 4.69) is 27.7 Å². The highest BCUT2D eigenvalue weighted by Gasteiger charge is 2.34. The van der Waals surface area contributed by atoms with E-state index < -0.39 is 0 Å². The third-order valence-electron chi connectivity index (χ3n) is 3.88. The van der Waals surface area contributed by atoms with Crippen LogP contribution in [0.25, 0.3) is 0 Å². The van der Waals surface area contributed by atoms with Crippen molar-refractivity contribution in [3.8, 4) is 0 Å². The molecule has 4 heteroatoms. The molecule has 1 amide bonds. The van der Waals surface area contributed by atoms with Crippen LogP contribution in [0.2, 0.25) is 0 Å². The van der Waals surface area contributed by atoms with Crippen molar-refractivity contribution in [2.75, 3.05) is 13.1 Å². The van der Waals surface area contributed by atoms with E-state index in [4.69, 9.17) is 0 Å². The van der Waals surface area contributed by atoms with E-state index in [1.165, 1.54) is 4.88 Å². The summed E-state index contributed by atoms with van der Waals surface area (Å²) in [7, 11) is 0. The Hall–Kier alpha value is -0.870. The molecule has 2 heterocycles. The highest BCUT2D eigenvalue weighted by molar-refractivity contribution is 7.09.